The third-order valence-corrected chi connectivity index (χ3v) is 4.61. The molecule has 8 heteroatoms. The van der Waals surface area contributed by atoms with Crippen LogP contribution in [0, 0.1) is 11.6 Å². The van der Waals surface area contributed by atoms with Gasteiger partial charge in [-0.3, -0.25) is 4.79 Å². The summed E-state index contributed by atoms with van der Waals surface area (Å²) in [6.45, 7) is 0. The predicted octanol–water partition coefficient (Wildman–Crippen LogP) is 1.25. The minimum atomic E-state index is -4.28. The Balaban J connectivity index is 2.35. The highest BCUT2D eigenvalue weighted by atomic mass is 32.2. The molecule has 0 bridgehead atoms. The minimum Gasteiger partial charge on any atom is -0.480 e. The zero-order valence-electron chi connectivity index (χ0n) is 9.69. The number of nitrogens with one attached hydrogen (secondary N) is 1. The van der Waals surface area contributed by atoms with Gasteiger partial charge in [-0.05, 0) is 31.4 Å². The highest BCUT2D eigenvalue weighted by molar-refractivity contribution is 7.89. The van der Waals surface area contributed by atoms with E-state index in [1.165, 1.54) is 0 Å². The fourth-order valence-electron chi connectivity index (χ4n) is 1.89. The molecule has 0 atom stereocenters. The SMILES string of the molecule is O=C(O)C1(NS(=O)(=O)c2cc(F)cc(F)c2)CCC1. The van der Waals surface area contributed by atoms with E-state index in [1.807, 2.05) is 4.72 Å². The Bertz CT molecular complexity index is 605. The summed E-state index contributed by atoms with van der Waals surface area (Å²) in [7, 11) is -4.28. The molecule has 0 unspecified atom stereocenters. The van der Waals surface area contributed by atoms with Crippen molar-refractivity contribution in [2.45, 2.75) is 29.7 Å². The maximum Gasteiger partial charge on any atom is 0.324 e. The normalized spacial score (nSPS) is 17.8. The van der Waals surface area contributed by atoms with Crippen molar-refractivity contribution in [3.63, 3.8) is 0 Å². The fourth-order valence-corrected chi connectivity index (χ4v) is 3.35. The van der Waals surface area contributed by atoms with Crippen LogP contribution in [0.15, 0.2) is 23.1 Å². The molecule has 0 spiro atoms. The summed E-state index contributed by atoms with van der Waals surface area (Å²) in [6.07, 6.45) is 0.880. The zero-order chi connectivity index (χ0) is 14.3. The maximum atomic E-state index is 13.0. The number of carboxylic acids is 1. The third kappa shape index (κ3) is 2.59. The molecule has 1 saturated carbocycles. The Morgan fingerprint density at radius 2 is 1.74 bits per heavy atom. The van der Waals surface area contributed by atoms with Crippen LogP contribution >= 0.6 is 0 Å². The highest BCUT2D eigenvalue weighted by Crippen LogP contribution is 2.33. The second-order valence-corrected chi connectivity index (χ2v) is 6.13. The summed E-state index contributed by atoms with van der Waals surface area (Å²) in [5.74, 6) is -3.38. The molecule has 1 aliphatic carbocycles. The summed E-state index contributed by atoms with van der Waals surface area (Å²) in [5, 5.41) is 9.03. The van der Waals surface area contributed by atoms with Crippen LogP contribution in [-0.4, -0.2) is 25.0 Å². The van der Waals surface area contributed by atoms with Crippen molar-refractivity contribution in [3.05, 3.63) is 29.8 Å². The van der Waals surface area contributed by atoms with E-state index in [2.05, 4.69) is 0 Å². The number of carboxylic acid groups (broad SMARTS) is 1. The van der Waals surface area contributed by atoms with Crippen molar-refractivity contribution >= 4 is 16.0 Å². The number of halogens is 2. The molecule has 5 nitrogen and oxygen atoms in total. The first-order valence-corrected chi connectivity index (χ1v) is 6.97. The second-order valence-electron chi connectivity index (χ2n) is 4.45. The first kappa shape index (κ1) is 13.9. The van der Waals surface area contributed by atoms with Crippen LogP contribution in [-0.2, 0) is 14.8 Å². The van der Waals surface area contributed by atoms with Gasteiger partial charge in [0.15, 0.2) is 0 Å². The average Bonchev–Trinajstić information content (AvgIpc) is 2.21. The summed E-state index contributed by atoms with van der Waals surface area (Å²) in [4.78, 5) is 10.4. The largest absolute Gasteiger partial charge is 0.480 e. The molecule has 0 aliphatic heterocycles. The Hall–Kier alpha value is -1.54. The molecule has 2 N–H and O–H groups in total. The number of carbonyl (C=O) groups is 1. The lowest BCUT2D eigenvalue weighted by Gasteiger charge is -2.37. The number of benzene rings is 1. The molecule has 1 fully saturated rings. The lowest BCUT2D eigenvalue weighted by atomic mass is 9.78. The standard InChI is InChI=1S/C11H11F2NO4S/c12-7-4-8(13)6-9(5-7)19(17,18)14-11(10(15)16)2-1-3-11/h4-6,14H,1-3H2,(H,15,16). The number of sulfonamides is 1. The van der Waals surface area contributed by atoms with Crippen molar-refractivity contribution in [1.29, 1.82) is 0 Å². The lowest BCUT2D eigenvalue weighted by Crippen LogP contribution is -2.58. The Labute approximate surface area is 108 Å². The van der Waals surface area contributed by atoms with Gasteiger partial charge in [0, 0.05) is 6.07 Å². The van der Waals surface area contributed by atoms with E-state index < -0.39 is 38.1 Å². The lowest BCUT2D eigenvalue weighted by molar-refractivity contribution is -0.147. The van der Waals surface area contributed by atoms with Gasteiger partial charge >= 0.3 is 5.97 Å². The van der Waals surface area contributed by atoms with Crippen molar-refractivity contribution in [2.24, 2.45) is 0 Å². The van der Waals surface area contributed by atoms with E-state index in [0.717, 1.165) is 0 Å². The van der Waals surface area contributed by atoms with Crippen LogP contribution in [0.2, 0.25) is 0 Å². The number of rotatable bonds is 4. The molecular weight excluding hydrogens is 280 g/mol. The van der Waals surface area contributed by atoms with Gasteiger partial charge in [0.2, 0.25) is 10.0 Å². The van der Waals surface area contributed by atoms with E-state index in [-0.39, 0.29) is 12.8 Å². The number of hydrogen-bond donors (Lipinski definition) is 2. The molecule has 1 aromatic rings. The van der Waals surface area contributed by atoms with Crippen LogP contribution < -0.4 is 4.72 Å². The topological polar surface area (TPSA) is 83.5 Å². The van der Waals surface area contributed by atoms with Crippen LogP contribution in [0.5, 0.6) is 0 Å². The molecule has 2 rings (SSSR count). The summed E-state index contributed by atoms with van der Waals surface area (Å²) >= 11 is 0. The molecule has 19 heavy (non-hydrogen) atoms. The van der Waals surface area contributed by atoms with Gasteiger partial charge in [-0.1, -0.05) is 0 Å². The molecule has 104 valence electrons. The Morgan fingerprint density at radius 3 is 2.11 bits per heavy atom. The van der Waals surface area contributed by atoms with Gasteiger partial charge in [0.1, 0.15) is 17.2 Å². The molecule has 1 aliphatic rings. The van der Waals surface area contributed by atoms with Crippen molar-refractivity contribution < 1.29 is 27.1 Å². The zero-order valence-corrected chi connectivity index (χ0v) is 10.5. The van der Waals surface area contributed by atoms with Gasteiger partial charge in [-0.25, -0.2) is 17.2 Å². The van der Waals surface area contributed by atoms with Crippen LogP contribution in [0.3, 0.4) is 0 Å². The van der Waals surface area contributed by atoms with Gasteiger partial charge in [0.05, 0.1) is 4.90 Å². The van der Waals surface area contributed by atoms with Crippen molar-refractivity contribution in [2.75, 3.05) is 0 Å². The van der Waals surface area contributed by atoms with Crippen LogP contribution in [0.25, 0.3) is 0 Å². The maximum absolute atomic E-state index is 13.0. The molecule has 0 aromatic heterocycles. The Morgan fingerprint density at radius 1 is 1.21 bits per heavy atom. The van der Waals surface area contributed by atoms with E-state index in [0.29, 0.717) is 24.6 Å². The molecule has 0 radical (unpaired) electrons. The van der Waals surface area contributed by atoms with E-state index >= 15 is 0 Å². The molecule has 0 amide bonds. The quantitative estimate of drug-likeness (QED) is 0.874. The van der Waals surface area contributed by atoms with Gasteiger partial charge in [-0.2, -0.15) is 4.72 Å². The van der Waals surface area contributed by atoms with Crippen molar-refractivity contribution in [1.82, 2.24) is 4.72 Å². The molecule has 1 aromatic carbocycles. The van der Waals surface area contributed by atoms with Gasteiger partial charge in [-0.15, -0.1) is 0 Å². The number of hydrogen-bond acceptors (Lipinski definition) is 3. The summed E-state index contributed by atoms with van der Waals surface area (Å²) < 4.78 is 51.9. The smallest absolute Gasteiger partial charge is 0.324 e. The minimum absolute atomic E-state index is 0.152. The second kappa shape index (κ2) is 4.53. The van der Waals surface area contributed by atoms with Gasteiger partial charge in [0.25, 0.3) is 0 Å². The summed E-state index contributed by atoms with van der Waals surface area (Å²) in [6, 6.07) is 1.81. The first-order valence-electron chi connectivity index (χ1n) is 5.49. The fraction of sp³-hybridized carbons (Fsp3) is 0.364. The molecule has 0 heterocycles. The monoisotopic (exact) mass is 291 g/mol. The van der Waals surface area contributed by atoms with E-state index in [4.69, 9.17) is 5.11 Å². The third-order valence-electron chi connectivity index (χ3n) is 3.09. The number of aliphatic carboxylic acids is 1. The predicted molar refractivity (Wildman–Crippen MR) is 60.9 cm³/mol. The van der Waals surface area contributed by atoms with Crippen molar-refractivity contribution in [3.8, 4) is 0 Å². The first-order chi connectivity index (χ1) is 8.75. The van der Waals surface area contributed by atoms with E-state index in [9.17, 15) is 22.0 Å². The van der Waals surface area contributed by atoms with Crippen LogP contribution in [0.1, 0.15) is 19.3 Å². The van der Waals surface area contributed by atoms with E-state index in [1.54, 1.807) is 0 Å². The van der Waals surface area contributed by atoms with Gasteiger partial charge < -0.3 is 5.11 Å². The molecule has 0 saturated heterocycles. The van der Waals surface area contributed by atoms with Crippen LogP contribution in [0.4, 0.5) is 8.78 Å². The molecular formula is C11H11F2NO4S. The average molecular weight is 291 g/mol. The Kier molecular flexibility index (Phi) is 3.31. The highest BCUT2D eigenvalue weighted by Gasteiger charge is 2.47. The summed E-state index contributed by atoms with van der Waals surface area (Å²) in [5.41, 5.74) is -1.57.